The van der Waals surface area contributed by atoms with E-state index in [9.17, 15) is 10.1 Å². The fourth-order valence-corrected chi connectivity index (χ4v) is 5.97. The first-order valence-corrected chi connectivity index (χ1v) is 12.6. The summed E-state index contributed by atoms with van der Waals surface area (Å²) in [4.78, 5) is 15.2. The van der Waals surface area contributed by atoms with E-state index in [-0.39, 0.29) is 22.8 Å². The molecule has 2 aliphatic rings. The van der Waals surface area contributed by atoms with E-state index < -0.39 is 5.92 Å². The molecule has 0 fully saturated rings. The van der Waals surface area contributed by atoms with Crippen LogP contribution in [0.4, 0.5) is 5.13 Å². The highest BCUT2D eigenvalue weighted by atomic mass is 32.2. The van der Waals surface area contributed by atoms with Crippen LogP contribution in [0.25, 0.3) is 0 Å². The third-order valence-corrected chi connectivity index (χ3v) is 7.66. The smallest absolute Gasteiger partial charge is 0.219 e. The molecule has 1 aromatic carbocycles. The zero-order valence-electron chi connectivity index (χ0n) is 19.2. The molecule has 1 aromatic heterocycles. The quantitative estimate of drug-likeness (QED) is 0.580. The molecule has 4 rings (SSSR count). The maximum atomic E-state index is 13.5. The Hall–Kier alpha value is -3.34. The summed E-state index contributed by atoms with van der Waals surface area (Å²) in [6.45, 7) is 6.56. The number of thioether (sulfide) groups is 1. The van der Waals surface area contributed by atoms with E-state index in [1.54, 1.807) is 4.90 Å². The Morgan fingerprint density at radius 2 is 2.00 bits per heavy atom. The highest BCUT2D eigenvalue weighted by Gasteiger charge is 2.45. The summed E-state index contributed by atoms with van der Waals surface area (Å²) in [6.07, 6.45) is 0.979. The summed E-state index contributed by atoms with van der Waals surface area (Å²) in [5, 5.41) is 28.0. The lowest BCUT2D eigenvalue weighted by molar-refractivity contribution is -0.118. The standard InChI is InChI=1S/C24H24N6O2S2/c1-4-32-15-7-5-14(6-8-15)19-16(13-26)21(27)30(22-28-29-23(34-22)33-10-9-25)17-11-24(2,3)12-18(31)20(17)19/h5-8,19H,4,10-12,27H2,1-3H3. The van der Waals surface area contributed by atoms with Gasteiger partial charge in [0.25, 0.3) is 0 Å². The number of ketones is 1. The molecule has 1 aliphatic carbocycles. The zero-order valence-corrected chi connectivity index (χ0v) is 20.8. The van der Waals surface area contributed by atoms with Crippen molar-refractivity contribution < 1.29 is 9.53 Å². The molecule has 34 heavy (non-hydrogen) atoms. The fraction of sp³-hybridized carbons (Fsp3) is 0.375. The Morgan fingerprint density at radius 1 is 1.26 bits per heavy atom. The largest absolute Gasteiger partial charge is 0.494 e. The molecule has 2 aromatic rings. The van der Waals surface area contributed by atoms with Gasteiger partial charge in [0.15, 0.2) is 10.1 Å². The molecule has 2 heterocycles. The minimum absolute atomic E-state index is 0.000945. The van der Waals surface area contributed by atoms with E-state index >= 15 is 0 Å². The average Bonchev–Trinajstić information content (AvgIpc) is 3.25. The first-order valence-electron chi connectivity index (χ1n) is 10.8. The van der Waals surface area contributed by atoms with Crippen LogP contribution in [0.3, 0.4) is 0 Å². The van der Waals surface area contributed by atoms with Crippen LogP contribution in [0.5, 0.6) is 5.75 Å². The molecule has 0 amide bonds. The van der Waals surface area contributed by atoms with Crippen LogP contribution in [0.1, 0.15) is 45.1 Å². The Bertz CT molecular complexity index is 1260. The third kappa shape index (κ3) is 4.39. The van der Waals surface area contributed by atoms with Crippen molar-refractivity contribution in [3.63, 3.8) is 0 Å². The third-order valence-electron chi connectivity index (χ3n) is 5.75. The number of nitriles is 2. The molecule has 2 N–H and O–H groups in total. The van der Waals surface area contributed by atoms with Gasteiger partial charge in [-0.3, -0.25) is 9.69 Å². The second kappa shape index (κ2) is 9.49. The number of ether oxygens (including phenoxy) is 1. The summed E-state index contributed by atoms with van der Waals surface area (Å²) in [5.74, 6) is 0.664. The topological polar surface area (TPSA) is 129 Å². The van der Waals surface area contributed by atoms with Crippen LogP contribution in [0.15, 0.2) is 51.3 Å². The van der Waals surface area contributed by atoms with Crippen LogP contribution in [0, 0.1) is 28.1 Å². The maximum Gasteiger partial charge on any atom is 0.219 e. The van der Waals surface area contributed by atoms with Gasteiger partial charge < -0.3 is 10.5 Å². The van der Waals surface area contributed by atoms with Crippen molar-refractivity contribution in [2.24, 2.45) is 11.1 Å². The fourth-order valence-electron chi connectivity index (χ4n) is 4.43. The number of nitrogens with zero attached hydrogens (tertiary/aromatic N) is 5. The van der Waals surface area contributed by atoms with E-state index in [1.165, 1.54) is 23.1 Å². The Kier molecular flexibility index (Phi) is 6.65. The van der Waals surface area contributed by atoms with E-state index in [2.05, 4.69) is 22.3 Å². The Morgan fingerprint density at radius 3 is 2.65 bits per heavy atom. The molecular weight excluding hydrogens is 468 g/mol. The molecule has 0 radical (unpaired) electrons. The van der Waals surface area contributed by atoms with Crippen molar-refractivity contribution in [3.8, 4) is 17.9 Å². The lowest BCUT2D eigenvalue weighted by Crippen LogP contribution is -2.42. The van der Waals surface area contributed by atoms with Crippen molar-refractivity contribution in [2.45, 2.75) is 43.9 Å². The summed E-state index contributed by atoms with van der Waals surface area (Å²) in [6, 6.07) is 11.8. The first kappa shape index (κ1) is 23.8. The molecule has 174 valence electrons. The lowest BCUT2D eigenvalue weighted by atomic mass is 9.68. The molecule has 1 aliphatic heterocycles. The molecule has 10 heteroatoms. The van der Waals surface area contributed by atoms with E-state index in [0.717, 1.165) is 17.0 Å². The molecule has 0 spiro atoms. The van der Waals surface area contributed by atoms with Gasteiger partial charge in [0.2, 0.25) is 5.13 Å². The van der Waals surface area contributed by atoms with Gasteiger partial charge in [-0.05, 0) is 36.5 Å². The lowest BCUT2D eigenvalue weighted by Gasteiger charge is -2.42. The van der Waals surface area contributed by atoms with Gasteiger partial charge in [-0.15, -0.1) is 10.2 Å². The molecule has 0 bridgehead atoms. The minimum atomic E-state index is -0.559. The number of carbonyl (C=O) groups is 1. The number of benzene rings is 1. The van der Waals surface area contributed by atoms with Crippen molar-refractivity contribution in [3.05, 3.63) is 52.5 Å². The first-order chi connectivity index (χ1) is 16.3. The number of anilines is 1. The number of carbonyl (C=O) groups excluding carboxylic acids is 1. The van der Waals surface area contributed by atoms with Crippen LogP contribution < -0.4 is 15.4 Å². The highest BCUT2D eigenvalue weighted by molar-refractivity contribution is 8.01. The van der Waals surface area contributed by atoms with Crippen molar-refractivity contribution >= 4 is 34.0 Å². The van der Waals surface area contributed by atoms with Gasteiger partial charge in [0, 0.05) is 17.7 Å². The van der Waals surface area contributed by atoms with Crippen molar-refractivity contribution in [1.29, 1.82) is 10.5 Å². The van der Waals surface area contributed by atoms with Gasteiger partial charge in [-0.25, -0.2) is 0 Å². The van der Waals surface area contributed by atoms with Gasteiger partial charge in [-0.2, -0.15) is 10.5 Å². The van der Waals surface area contributed by atoms with Gasteiger partial charge >= 0.3 is 0 Å². The van der Waals surface area contributed by atoms with Crippen LogP contribution in [-0.4, -0.2) is 28.3 Å². The number of nitrogens with two attached hydrogens (primary N) is 1. The van der Waals surface area contributed by atoms with Crippen molar-refractivity contribution in [2.75, 3.05) is 17.3 Å². The molecule has 0 saturated carbocycles. The zero-order chi connectivity index (χ0) is 24.5. The molecular formula is C24H24N6O2S2. The van der Waals surface area contributed by atoms with E-state index in [0.29, 0.717) is 40.1 Å². The number of hydrogen-bond donors (Lipinski definition) is 1. The monoisotopic (exact) mass is 492 g/mol. The summed E-state index contributed by atoms with van der Waals surface area (Å²) >= 11 is 2.57. The number of Topliss-reactive ketones (excluding diaryl/α,β-unsaturated/α-hetero) is 1. The van der Waals surface area contributed by atoms with Gasteiger partial charge in [0.05, 0.1) is 36.0 Å². The SMILES string of the molecule is CCOc1ccc(C2C(C#N)=C(N)N(c3nnc(SCC#N)s3)C3=C2C(=O)CC(C)(C)C3)cc1. The normalized spacial score (nSPS) is 19.5. The predicted octanol–water partition coefficient (Wildman–Crippen LogP) is 4.49. The van der Waals surface area contributed by atoms with E-state index in [1.807, 2.05) is 45.0 Å². The summed E-state index contributed by atoms with van der Waals surface area (Å²) in [7, 11) is 0. The second-order valence-electron chi connectivity index (χ2n) is 8.78. The molecule has 0 saturated heterocycles. The Balaban J connectivity index is 1.87. The number of aromatic nitrogens is 2. The van der Waals surface area contributed by atoms with Gasteiger partial charge in [-0.1, -0.05) is 49.1 Å². The van der Waals surface area contributed by atoms with Crippen LogP contribution >= 0.6 is 23.1 Å². The van der Waals surface area contributed by atoms with Crippen LogP contribution in [-0.2, 0) is 4.79 Å². The molecule has 1 unspecified atom stereocenters. The number of hydrogen-bond acceptors (Lipinski definition) is 10. The molecule has 8 nitrogen and oxygen atoms in total. The van der Waals surface area contributed by atoms with Gasteiger partial charge in [0.1, 0.15) is 11.6 Å². The predicted molar refractivity (Wildman–Crippen MR) is 131 cm³/mol. The average molecular weight is 493 g/mol. The summed E-state index contributed by atoms with van der Waals surface area (Å²) in [5.41, 5.74) is 8.79. The highest BCUT2D eigenvalue weighted by Crippen LogP contribution is 2.50. The van der Waals surface area contributed by atoms with E-state index in [4.69, 9.17) is 15.7 Å². The maximum absolute atomic E-state index is 13.5. The second-order valence-corrected chi connectivity index (χ2v) is 11.0. The van der Waals surface area contributed by atoms with Crippen molar-refractivity contribution in [1.82, 2.24) is 10.2 Å². The minimum Gasteiger partial charge on any atom is -0.494 e. The van der Waals surface area contributed by atoms with Crippen LogP contribution in [0.2, 0.25) is 0 Å². The number of rotatable bonds is 6. The Labute approximate surface area is 206 Å². The number of allylic oxidation sites excluding steroid dienone is 3. The molecule has 1 atom stereocenters. The summed E-state index contributed by atoms with van der Waals surface area (Å²) < 4.78 is 6.18.